The molecule has 1 aromatic heterocycles. The van der Waals surface area contributed by atoms with Gasteiger partial charge in [0, 0.05) is 36.2 Å². The van der Waals surface area contributed by atoms with Crippen LogP contribution in [0.4, 0.5) is 0 Å². The topological polar surface area (TPSA) is 8.17 Å². The molecule has 28 heavy (non-hydrogen) atoms. The molecule has 2 atom stereocenters. The van der Waals surface area contributed by atoms with Crippen LogP contribution in [0.25, 0.3) is 10.9 Å². The molecular weight excluding hydrogens is 340 g/mol. The second kappa shape index (κ2) is 7.08. The summed E-state index contributed by atoms with van der Waals surface area (Å²) in [6, 6.07) is 20.1. The second-order valence-corrected chi connectivity index (χ2v) is 9.08. The van der Waals surface area contributed by atoms with Gasteiger partial charge in [-0.15, -0.1) is 0 Å². The molecular formula is C26H32N2. The van der Waals surface area contributed by atoms with E-state index >= 15 is 0 Å². The van der Waals surface area contributed by atoms with Crippen LogP contribution in [0.15, 0.2) is 54.6 Å². The number of hydrogen-bond donors (Lipinski definition) is 0. The van der Waals surface area contributed by atoms with Gasteiger partial charge in [0.15, 0.2) is 0 Å². The van der Waals surface area contributed by atoms with Crippen molar-refractivity contribution in [2.24, 2.45) is 5.92 Å². The van der Waals surface area contributed by atoms with Crippen molar-refractivity contribution < 1.29 is 0 Å². The first-order valence-electron chi connectivity index (χ1n) is 11.1. The molecule has 0 bridgehead atoms. The molecule has 0 saturated carbocycles. The Hall–Kier alpha value is -2.06. The summed E-state index contributed by atoms with van der Waals surface area (Å²) in [5.41, 5.74) is 6.19. The first-order chi connectivity index (χ1) is 13.7. The Balaban J connectivity index is 1.64. The Morgan fingerprint density at radius 2 is 1.82 bits per heavy atom. The average Bonchev–Trinajstić information content (AvgIpc) is 3.04. The van der Waals surface area contributed by atoms with Gasteiger partial charge >= 0.3 is 0 Å². The van der Waals surface area contributed by atoms with Crippen molar-refractivity contribution in [1.29, 1.82) is 0 Å². The van der Waals surface area contributed by atoms with Gasteiger partial charge in [0.05, 0.1) is 5.54 Å². The van der Waals surface area contributed by atoms with E-state index in [2.05, 4.69) is 77.9 Å². The highest BCUT2D eigenvalue weighted by Crippen LogP contribution is 2.47. The molecule has 0 spiro atoms. The number of hydrogen-bond acceptors (Lipinski definition) is 1. The van der Waals surface area contributed by atoms with Gasteiger partial charge in [-0.1, -0.05) is 61.9 Å². The first-order valence-corrected chi connectivity index (χ1v) is 11.1. The van der Waals surface area contributed by atoms with Gasteiger partial charge in [-0.3, -0.25) is 4.90 Å². The fourth-order valence-corrected chi connectivity index (χ4v) is 5.92. The number of piperidine rings is 1. The summed E-state index contributed by atoms with van der Waals surface area (Å²) >= 11 is 0. The number of aromatic nitrogens is 1. The number of rotatable bonds is 4. The van der Waals surface area contributed by atoms with Crippen LogP contribution in [0.1, 0.15) is 56.4 Å². The van der Waals surface area contributed by atoms with Crippen LogP contribution < -0.4 is 0 Å². The van der Waals surface area contributed by atoms with E-state index in [1.54, 1.807) is 11.3 Å². The molecule has 2 heteroatoms. The minimum absolute atomic E-state index is 0.172. The second-order valence-electron chi connectivity index (χ2n) is 9.08. The highest BCUT2D eigenvalue weighted by atomic mass is 15.2. The Labute approximate surface area is 169 Å². The Bertz CT molecular complexity index is 971. The van der Waals surface area contributed by atoms with Gasteiger partial charge in [0.25, 0.3) is 0 Å². The minimum Gasteiger partial charge on any atom is -0.338 e. The molecule has 1 fully saturated rings. The third kappa shape index (κ3) is 2.81. The van der Waals surface area contributed by atoms with E-state index < -0.39 is 0 Å². The molecule has 2 aliphatic heterocycles. The van der Waals surface area contributed by atoms with Crippen LogP contribution in [0.5, 0.6) is 0 Å². The maximum absolute atomic E-state index is 2.82. The number of fused-ring (bicyclic) bond motifs is 5. The molecule has 0 amide bonds. The van der Waals surface area contributed by atoms with Gasteiger partial charge in [-0.05, 0) is 55.7 Å². The van der Waals surface area contributed by atoms with Crippen LogP contribution in [0, 0.1) is 5.92 Å². The van der Waals surface area contributed by atoms with E-state index in [-0.39, 0.29) is 5.54 Å². The summed E-state index contributed by atoms with van der Waals surface area (Å²) in [6.07, 6.45) is 6.54. The fourth-order valence-electron chi connectivity index (χ4n) is 5.92. The zero-order valence-electron chi connectivity index (χ0n) is 17.3. The molecule has 3 heterocycles. The van der Waals surface area contributed by atoms with Crippen molar-refractivity contribution in [2.75, 3.05) is 13.1 Å². The van der Waals surface area contributed by atoms with E-state index in [4.69, 9.17) is 0 Å². The minimum atomic E-state index is 0.172. The summed E-state index contributed by atoms with van der Waals surface area (Å²) in [4.78, 5) is 2.82. The standard InChI is InChI=1S/C26H32N2/c1-3-9-20-14-16-26(2)25-23(15-17-27(26)18-20)22-12-7-8-13-24(22)28(25)19-21-10-5-4-6-11-21/h4-8,10-13,20H,3,9,14-19H2,1-2H3/t20-,26+/m1/s1. The third-order valence-corrected chi connectivity index (χ3v) is 7.31. The van der Waals surface area contributed by atoms with Crippen molar-refractivity contribution in [3.8, 4) is 0 Å². The average molecular weight is 373 g/mol. The van der Waals surface area contributed by atoms with Crippen molar-refractivity contribution in [1.82, 2.24) is 9.47 Å². The Kier molecular flexibility index (Phi) is 4.55. The van der Waals surface area contributed by atoms with Crippen LogP contribution >= 0.6 is 0 Å². The first kappa shape index (κ1) is 18.0. The zero-order valence-corrected chi connectivity index (χ0v) is 17.3. The normalized spacial score (nSPS) is 24.9. The van der Waals surface area contributed by atoms with E-state index in [1.165, 1.54) is 61.7 Å². The lowest BCUT2D eigenvalue weighted by Gasteiger charge is -2.51. The molecule has 0 aliphatic carbocycles. The summed E-state index contributed by atoms with van der Waals surface area (Å²) in [5, 5.41) is 1.48. The number of benzene rings is 2. The fraction of sp³-hybridized carbons (Fsp3) is 0.462. The lowest BCUT2D eigenvalue weighted by atomic mass is 9.76. The lowest BCUT2D eigenvalue weighted by molar-refractivity contribution is 0.0129. The van der Waals surface area contributed by atoms with Crippen LogP contribution in [-0.4, -0.2) is 22.6 Å². The SMILES string of the molecule is CCC[C@@H]1CC[C@@]2(C)c3c(c4ccccc4n3Cc3ccccc3)CCN2C1. The van der Waals surface area contributed by atoms with Gasteiger partial charge in [0.2, 0.25) is 0 Å². The summed E-state index contributed by atoms with van der Waals surface area (Å²) in [7, 11) is 0. The number of nitrogens with zero attached hydrogens (tertiary/aromatic N) is 2. The molecule has 2 nitrogen and oxygen atoms in total. The van der Waals surface area contributed by atoms with E-state index in [0.29, 0.717) is 0 Å². The predicted octanol–water partition coefficient (Wildman–Crippen LogP) is 5.97. The van der Waals surface area contributed by atoms with Gasteiger partial charge in [-0.25, -0.2) is 0 Å². The summed E-state index contributed by atoms with van der Waals surface area (Å²) < 4.78 is 2.65. The molecule has 5 rings (SSSR count). The summed E-state index contributed by atoms with van der Waals surface area (Å²) in [6.45, 7) is 8.31. The van der Waals surface area contributed by atoms with Crippen molar-refractivity contribution in [2.45, 2.75) is 58.0 Å². The van der Waals surface area contributed by atoms with E-state index in [1.807, 2.05) is 0 Å². The molecule has 3 aromatic rings. The van der Waals surface area contributed by atoms with Gasteiger partial charge < -0.3 is 4.57 Å². The molecule has 2 aromatic carbocycles. The monoisotopic (exact) mass is 372 g/mol. The quantitative estimate of drug-likeness (QED) is 0.547. The molecule has 1 saturated heterocycles. The predicted molar refractivity (Wildman–Crippen MR) is 118 cm³/mol. The van der Waals surface area contributed by atoms with Crippen LogP contribution in [-0.2, 0) is 18.5 Å². The van der Waals surface area contributed by atoms with E-state index in [9.17, 15) is 0 Å². The van der Waals surface area contributed by atoms with Crippen LogP contribution in [0.3, 0.4) is 0 Å². The highest BCUT2D eigenvalue weighted by molar-refractivity contribution is 5.86. The van der Waals surface area contributed by atoms with Crippen LogP contribution in [0.2, 0.25) is 0 Å². The third-order valence-electron chi connectivity index (χ3n) is 7.31. The lowest BCUT2D eigenvalue weighted by Crippen LogP contribution is -2.54. The van der Waals surface area contributed by atoms with Crippen molar-refractivity contribution in [3.63, 3.8) is 0 Å². The highest BCUT2D eigenvalue weighted by Gasteiger charge is 2.45. The molecule has 0 N–H and O–H groups in total. The largest absolute Gasteiger partial charge is 0.338 e. The van der Waals surface area contributed by atoms with Crippen molar-refractivity contribution >= 4 is 10.9 Å². The molecule has 0 unspecified atom stereocenters. The van der Waals surface area contributed by atoms with E-state index in [0.717, 1.165) is 12.5 Å². The maximum atomic E-state index is 2.82. The Morgan fingerprint density at radius 1 is 1.04 bits per heavy atom. The molecule has 146 valence electrons. The van der Waals surface area contributed by atoms with Gasteiger partial charge in [-0.2, -0.15) is 0 Å². The number of para-hydroxylation sites is 1. The maximum Gasteiger partial charge on any atom is 0.0588 e. The van der Waals surface area contributed by atoms with Crippen molar-refractivity contribution in [3.05, 3.63) is 71.4 Å². The van der Waals surface area contributed by atoms with Gasteiger partial charge in [0.1, 0.15) is 0 Å². The Morgan fingerprint density at radius 3 is 2.64 bits per heavy atom. The summed E-state index contributed by atoms with van der Waals surface area (Å²) in [5.74, 6) is 0.881. The molecule has 0 radical (unpaired) electrons. The zero-order chi connectivity index (χ0) is 19.1. The molecule has 2 aliphatic rings. The smallest absolute Gasteiger partial charge is 0.0588 e.